The second kappa shape index (κ2) is 8.74. The molecule has 1 aliphatic heterocycles. The van der Waals surface area contributed by atoms with E-state index in [1.165, 1.54) is 0 Å². The summed E-state index contributed by atoms with van der Waals surface area (Å²) in [5.74, 6) is 1.32. The summed E-state index contributed by atoms with van der Waals surface area (Å²) in [6.07, 6.45) is 3.23. The maximum atomic E-state index is 12.7. The minimum absolute atomic E-state index is 0.0393. The van der Waals surface area contributed by atoms with Gasteiger partial charge >= 0.3 is 0 Å². The molecule has 0 saturated carbocycles. The zero-order chi connectivity index (χ0) is 20.2. The lowest BCUT2D eigenvalue weighted by atomic mass is 9.82. The molecule has 0 spiro atoms. The number of benzene rings is 1. The summed E-state index contributed by atoms with van der Waals surface area (Å²) in [6, 6.07) is 8.15. The Morgan fingerprint density at radius 1 is 1.29 bits per heavy atom. The second-order valence-corrected chi connectivity index (χ2v) is 9.28. The van der Waals surface area contributed by atoms with E-state index in [4.69, 9.17) is 9.26 Å². The third kappa shape index (κ3) is 5.20. The third-order valence-electron chi connectivity index (χ3n) is 5.04. The van der Waals surface area contributed by atoms with E-state index in [0.717, 1.165) is 22.9 Å². The standard InChI is InChI=1S/C21H28BrN3O3/c1-20(2,3)19-23-18(28-25-19)9-5-8-17(26)24-21(10-12-27-13-11-21)15-6-4-7-16(22)14-15/h4,6-7,14H,5,8-13H2,1-3H3,(H,24,26). The van der Waals surface area contributed by atoms with Crippen molar-refractivity contribution in [1.29, 1.82) is 0 Å². The first-order valence-electron chi connectivity index (χ1n) is 9.76. The van der Waals surface area contributed by atoms with Gasteiger partial charge in [-0.25, -0.2) is 0 Å². The summed E-state index contributed by atoms with van der Waals surface area (Å²) in [5.41, 5.74) is 0.604. The number of aryl methyl sites for hydroxylation is 1. The summed E-state index contributed by atoms with van der Waals surface area (Å²) in [4.78, 5) is 17.1. The van der Waals surface area contributed by atoms with Crippen molar-refractivity contribution in [1.82, 2.24) is 15.5 Å². The van der Waals surface area contributed by atoms with Crippen molar-refractivity contribution >= 4 is 21.8 Å². The molecule has 2 aromatic rings. The normalized spacial score (nSPS) is 16.7. The van der Waals surface area contributed by atoms with Crippen LogP contribution in [0.15, 0.2) is 33.3 Å². The topological polar surface area (TPSA) is 77.2 Å². The average molecular weight is 450 g/mol. The highest BCUT2D eigenvalue weighted by Gasteiger charge is 2.36. The van der Waals surface area contributed by atoms with Gasteiger partial charge in [-0.05, 0) is 37.0 Å². The molecule has 7 heteroatoms. The van der Waals surface area contributed by atoms with Crippen LogP contribution in [-0.4, -0.2) is 29.3 Å². The molecule has 1 N–H and O–H groups in total. The summed E-state index contributed by atoms with van der Waals surface area (Å²) >= 11 is 3.54. The molecule has 1 amide bonds. The molecular formula is C21H28BrN3O3. The first-order chi connectivity index (χ1) is 13.3. The molecule has 152 valence electrons. The van der Waals surface area contributed by atoms with Crippen LogP contribution in [0, 0.1) is 0 Å². The van der Waals surface area contributed by atoms with Crippen LogP contribution < -0.4 is 5.32 Å². The molecule has 3 rings (SSSR count). The fraction of sp³-hybridized carbons (Fsp3) is 0.571. The molecule has 6 nitrogen and oxygen atoms in total. The number of ether oxygens (including phenoxy) is 1. The van der Waals surface area contributed by atoms with E-state index in [0.29, 0.717) is 44.2 Å². The van der Waals surface area contributed by atoms with Gasteiger partial charge in [-0.1, -0.05) is 54.0 Å². The van der Waals surface area contributed by atoms with Crippen LogP contribution in [0.4, 0.5) is 0 Å². The third-order valence-corrected chi connectivity index (χ3v) is 5.53. The molecule has 1 aliphatic rings. The van der Waals surface area contributed by atoms with E-state index >= 15 is 0 Å². The minimum atomic E-state index is -0.372. The van der Waals surface area contributed by atoms with Crippen molar-refractivity contribution in [3.8, 4) is 0 Å². The van der Waals surface area contributed by atoms with E-state index in [1.54, 1.807) is 0 Å². The van der Waals surface area contributed by atoms with Crippen LogP contribution in [0.3, 0.4) is 0 Å². The molecular weight excluding hydrogens is 422 g/mol. The van der Waals surface area contributed by atoms with Crippen molar-refractivity contribution in [3.05, 3.63) is 46.0 Å². The van der Waals surface area contributed by atoms with E-state index in [1.807, 2.05) is 32.9 Å². The van der Waals surface area contributed by atoms with Gasteiger partial charge in [0.15, 0.2) is 5.82 Å². The Balaban J connectivity index is 1.59. The van der Waals surface area contributed by atoms with Crippen LogP contribution in [0.5, 0.6) is 0 Å². The van der Waals surface area contributed by atoms with E-state index < -0.39 is 0 Å². The Hall–Kier alpha value is -1.73. The SMILES string of the molecule is CC(C)(C)c1noc(CCCC(=O)NC2(c3cccc(Br)c3)CCOCC2)n1. The van der Waals surface area contributed by atoms with Crippen molar-refractivity contribution in [2.75, 3.05) is 13.2 Å². The van der Waals surface area contributed by atoms with Gasteiger partial charge in [0.05, 0.1) is 5.54 Å². The monoisotopic (exact) mass is 449 g/mol. The predicted molar refractivity (Wildman–Crippen MR) is 110 cm³/mol. The lowest BCUT2D eigenvalue weighted by Gasteiger charge is -2.38. The predicted octanol–water partition coefficient (Wildman–Crippen LogP) is 4.27. The first kappa shape index (κ1) is 21.0. The lowest BCUT2D eigenvalue weighted by Crippen LogP contribution is -2.49. The maximum Gasteiger partial charge on any atom is 0.226 e. The Bertz CT molecular complexity index is 807. The highest BCUT2D eigenvalue weighted by atomic mass is 79.9. The summed E-state index contributed by atoms with van der Waals surface area (Å²) in [7, 11) is 0. The molecule has 2 heterocycles. The zero-order valence-corrected chi connectivity index (χ0v) is 18.3. The molecule has 1 aromatic heterocycles. The Morgan fingerprint density at radius 2 is 2.04 bits per heavy atom. The molecule has 28 heavy (non-hydrogen) atoms. The summed E-state index contributed by atoms with van der Waals surface area (Å²) < 4.78 is 11.9. The molecule has 0 bridgehead atoms. The molecule has 0 radical (unpaired) electrons. The van der Waals surface area contributed by atoms with Crippen molar-refractivity contribution in [3.63, 3.8) is 0 Å². The lowest BCUT2D eigenvalue weighted by molar-refractivity contribution is -0.124. The second-order valence-electron chi connectivity index (χ2n) is 8.37. The number of amides is 1. The molecule has 0 unspecified atom stereocenters. The highest BCUT2D eigenvalue weighted by Crippen LogP contribution is 2.33. The van der Waals surface area contributed by atoms with Crippen LogP contribution in [0.1, 0.15) is 63.7 Å². The summed E-state index contributed by atoms with van der Waals surface area (Å²) in [6.45, 7) is 7.42. The molecule has 1 aromatic carbocycles. The fourth-order valence-electron chi connectivity index (χ4n) is 3.38. The van der Waals surface area contributed by atoms with E-state index in [9.17, 15) is 4.79 Å². The maximum absolute atomic E-state index is 12.7. The number of nitrogens with zero attached hydrogens (tertiary/aromatic N) is 2. The number of nitrogens with one attached hydrogen (secondary N) is 1. The minimum Gasteiger partial charge on any atom is -0.381 e. The van der Waals surface area contributed by atoms with Gasteiger partial charge in [-0.15, -0.1) is 0 Å². The zero-order valence-electron chi connectivity index (χ0n) is 16.8. The quantitative estimate of drug-likeness (QED) is 0.711. The van der Waals surface area contributed by atoms with Gasteiger partial charge in [0, 0.05) is 35.9 Å². The van der Waals surface area contributed by atoms with Gasteiger partial charge in [0.2, 0.25) is 11.8 Å². The van der Waals surface area contributed by atoms with E-state index in [-0.39, 0.29) is 16.9 Å². The molecule has 0 atom stereocenters. The van der Waals surface area contributed by atoms with Gasteiger partial charge in [0.25, 0.3) is 0 Å². The van der Waals surface area contributed by atoms with Crippen LogP contribution >= 0.6 is 15.9 Å². The average Bonchev–Trinajstić information content (AvgIpc) is 3.12. The number of carbonyl (C=O) groups excluding carboxylic acids is 1. The number of carbonyl (C=O) groups is 1. The Kier molecular flexibility index (Phi) is 6.55. The van der Waals surface area contributed by atoms with Crippen LogP contribution in [-0.2, 0) is 26.9 Å². The van der Waals surface area contributed by atoms with Crippen molar-refractivity contribution in [2.24, 2.45) is 0 Å². The number of hydrogen-bond donors (Lipinski definition) is 1. The van der Waals surface area contributed by atoms with Gasteiger partial charge in [-0.3, -0.25) is 4.79 Å². The van der Waals surface area contributed by atoms with Crippen LogP contribution in [0.2, 0.25) is 0 Å². The van der Waals surface area contributed by atoms with Gasteiger partial charge in [0.1, 0.15) is 0 Å². The van der Waals surface area contributed by atoms with Crippen LogP contribution in [0.25, 0.3) is 0 Å². The van der Waals surface area contributed by atoms with Crippen molar-refractivity contribution < 1.29 is 14.1 Å². The number of rotatable bonds is 6. The van der Waals surface area contributed by atoms with Gasteiger partial charge < -0.3 is 14.6 Å². The smallest absolute Gasteiger partial charge is 0.226 e. The van der Waals surface area contributed by atoms with E-state index in [2.05, 4.69) is 43.5 Å². The number of aromatic nitrogens is 2. The Labute approximate surface area is 174 Å². The molecule has 0 aliphatic carbocycles. The highest BCUT2D eigenvalue weighted by molar-refractivity contribution is 9.10. The van der Waals surface area contributed by atoms with Crippen molar-refractivity contribution in [2.45, 2.75) is 63.8 Å². The van der Waals surface area contributed by atoms with Gasteiger partial charge in [-0.2, -0.15) is 4.98 Å². The fourth-order valence-corrected chi connectivity index (χ4v) is 3.78. The number of hydrogen-bond acceptors (Lipinski definition) is 5. The Morgan fingerprint density at radius 3 is 2.68 bits per heavy atom. The summed E-state index contributed by atoms with van der Waals surface area (Å²) in [5, 5.41) is 7.32. The first-order valence-corrected chi connectivity index (χ1v) is 10.6. The largest absolute Gasteiger partial charge is 0.381 e. The number of halogens is 1. The molecule has 1 fully saturated rings. The molecule has 1 saturated heterocycles.